The molecule has 4 aromatic rings. The average Bonchev–Trinajstić information content (AvgIpc) is 2.85. The Morgan fingerprint density at radius 2 is 1.71 bits per heavy atom. The topological polar surface area (TPSA) is 66.3 Å². The lowest BCUT2D eigenvalue weighted by molar-refractivity contribution is 0.313. The first kappa shape index (κ1) is 23.4. The zero-order valence-corrected chi connectivity index (χ0v) is 20.6. The zero-order chi connectivity index (χ0) is 24.5. The Morgan fingerprint density at radius 1 is 1.03 bits per heavy atom. The van der Waals surface area contributed by atoms with E-state index in [4.69, 9.17) is 0 Å². The van der Waals surface area contributed by atoms with Crippen molar-refractivity contribution in [3.8, 4) is 0 Å². The number of piperazine rings is 1. The first-order valence-corrected chi connectivity index (χ1v) is 12.0. The summed E-state index contributed by atoms with van der Waals surface area (Å²) in [5.41, 5.74) is 1.78. The lowest BCUT2D eigenvalue weighted by Gasteiger charge is -2.34. The highest BCUT2D eigenvalue weighted by molar-refractivity contribution is 9.10. The van der Waals surface area contributed by atoms with Crippen LogP contribution >= 0.6 is 15.9 Å². The second-order valence-electron chi connectivity index (χ2n) is 8.53. The van der Waals surface area contributed by atoms with Crippen LogP contribution in [0.1, 0.15) is 5.56 Å². The first-order chi connectivity index (χ1) is 16.9. The van der Waals surface area contributed by atoms with E-state index in [0.29, 0.717) is 15.9 Å². The Balaban J connectivity index is 1.37. The van der Waals surface area contributed by atoms with Gasteiger partial charge in [-0.05, 0) is 59.4 Å². The number of nitrogens with one attached hydrogen (secondary N) is 1. The van der Waals surface area contributed by atoms with Gasteiger partial charge in [-0.25, -0.2) is 18.7 Å². The number of pyridine rings is 1. The SMILES string of the molecule is CN1CCN(c2ccc(Nc3ncc4c(=O)n(Cc5c(F)cccc5F)cc(Br)c4n3)cc2)CC1. The number of fused-ring (bicyclic) bond motifs is 1. The third kappa shape index (κ3) is 4.89. The summed E-state index contributed by atoms with van der Waals surface area (Å²) < 4.78 is 29.9. The van der Waals surface area contributed by atoms with Crippen molar-refractivity contribution in [1.82, 2.24) is 19.4 Å². The van der Waals surface area contributed by atoms with Gasteiger partial charge >= 0.3 is 0 Å². The standard InChI is InChI=1S/C25H23BrF2N6O/c1-32-9-11-33(12-10-32)17-7-5-16(6-8-17)30-25-29-13-18-23(31-25)20(26)15-34(24(18)35)14-19-21(27)3-2-4-22(19)28/h2-8,13,15H,9-12,14H2,1H3,(H,29,30,31). The average molecular weight is 541 g/mol. The maximum Gasteiger partial charge on any atom is 0.261 e. The number of halogens is 3. The summed E-state index contributed by atoms with van der Waals surface area (Å²) in [6.07, 6.45) is 2.91. The number of hydrogen-bond donors (Lipinski definition) is 1. The fraction of sp³-hybridized carbons (Fsp3) is 0.240. The molecule has 0 radical (unpaired) electrons. The van der Waals surface area contributed by atoms with E-state index >= 15 is 0 Å². The summed E-state index contributed by atoms with van der Waals surface area (Å²) in [5.74, 6) is -1.08. The van der Waals surface area contributed by atoms with Gasteiger partial charge in [0.15, 0.2) is 0 Å². The Bertz CT molecular complexity index is 1410. The Labute approximate surface area is 209 Å². The van der Waals surface area contributed by atoms with Crippen LogP contribution in [0, 0.1) is 11.6 Å². The molecule has 3 heterocycles. The van der Waals surface area contributed by atoms with E-state index in [2.05, 4.69) is 60.2 Å². The van der Waals surface area contributed by atoms with E-state index in [0.717, 1.165) is 49.7 Å². The van der Waals surface area contributed by atoms with E-state index in [1.54, 1.807) is 0 Å². The lowest BCUT2D eigenvalue weighted by atomic mass is 10.2. The lowest BCUT2D eigenvalue weighted by Crippen LogP contribution is -2.44. The summed E-state index contributed by atoms with van der Waals surface area (Å²) in [7, 11) is 2.13. The molecule has 2 aromatic heterocycles. The van der Waals surface area contributed by atoms with Gasteiger partial charge in [0.2, 0.25) is 5.95 Å². The fourth-order valence-electron chi connectivity index (χ4n) is 4.11. The first-order valence-electron chi connectivity index (χ1n) is 11.2. The van der Waals surface area contributed by atoms with Crippen LogP contribution in [0.2, 0.25) is 0 Å². The molecule has 1 aliphatic heterocycles. The van der Waals surface area contributed by atoms with Crippen LogP contribution < -0.4 is 15.8 Å². The van der Waals surface area contributed by atoms with Crippen molar-refractivity contribution in [3.63, 3.8) is 0 Å². The Kier molecular flexibility index (Phi) is 6.48. The van der Waals surface area contributed by atoms with Crippen molar-refractivity contribution in [1.29, 1.82) is 0 Å². The Hall–Kier alpha value is -3.37. The second-order valence-corrected chi connectivity index (χ2v) is 9.38. The minimum Gasteiger partial charge on any atom is -0.369 e. The van der Waals surface area contributed by atoms with E-state index < -0.39 is 17.2 Å². The van der Waals surface area contributed by atoms with E-state index in [-0.39, 0.29) is 17.5 Å². The summed E-state index contributed by atoms with van der Waals surface area (Å²) in [4.78, 5) is 26.4. The summed E-state index contributed by atoms with van der Waals surface area (Å²) in [5, 5.41) is 3.41. The molecule has 1 aliphatic rings. The van der Waals surface area contributed by atoms with Gasteiger partial charge in [0.1, 0.15) is 11.6 Å². The molecular formula is C25H23BrF2N6O. The van der Waals surface area contributed by atoms with Gasteiger partial charge in [0.05, 0.1) is 21.9 Å². The molecule has 35 heavy (non-hydrogen) atoms. The molecule has 1 saturated heterocycles. The predicted octanol–water partition coefficient (Wildman–Crippen LogP) is 4.38. The molecule has 180 valence electrons. The molecule has 2 aromatic carbocycles. The maximum absolute atomic E-state index is 14.1. The van der Waals surface area contributed by atoms with Crippen LogP contribution in [0.5, 0.6) is 0 Å². The Morgan fingerprint density at radius 3 is 2.40 bits per heavy atom. The number of anilines is 3. The third-order valence-corrected chi connectivity index (χ3v) is 6.74. The molecule has 0 amide bonds. The number of nitrogens with zero attached hydrogens (tertiary/aromatic N) is 5. The quantitative estimate of drug-likeness (QED) is 0.405. The van der Waals surface area contributed by atoms with Crippen LogP contribution in [-0.2, 0) is 6.54 Å². The molecule has 7 nitrogen and oxygen atoms in total. The highest BCUT2D eigenvalue weighted by Gasteiger charge is 2.16. The molecule has 1 N–H and O–H groups in total. The third-order valence-electron chi connectivity index (χ3n) is 6.16. The van der Waals surface area contributed by atoms with Gasteiger partial charge in [0, 0.05) is 55.5 Å². The monoisotopic (exact) mass is 540 g/mol. The van der Waals surface area contributed by atoms with E-state index in [9.17, 15) is 13.6 Å². The maximum atomic E-state index is 14.1. The van der Waals surface area contributed by atoms with Gasteiger partial charge in [-0.15, -0.1) is 0 Å². The van der Waals surface area contributed by atoms with Gasteiger partial charge < -0.3 is 19.7 Å². The molecule has 10 heteroatoms. The van der Waals surface area contributed by atoms with Crippen molar-refractivity contribution in [2.75, 3.05) is 43.4 Å². The summed E-state index contributed by atoms with van der Waals surface area (Å²) in [6.45, 7) is 3.82. The number of rotatable bonds is 5. The number of aromatic nitrogens is 3. The second kappa shape index (κ2) is 9.71. The van der Waals surface area contributed by atoms with Crippen LogP contribution in [0.3, 0.4) is 0 Å². The molecule has 0 spiro atoms. The highest BCUT2D eigenvalue weighted by Crippen LogP contribution is 2.24. The molecule has 0 aliphatic carbocycles. The normalized spacial score (nSPS) is 14.5. The summed E-state index contributed by atoms with van der Waals surface area (Å²) in [6, 6.07) is 11.7. The molecule has 0 bridgehead atoms. The van der Waals surface area contributed by atoms with Crippen LogP contribution in [0.4, 0.5) is 26.1 Å². The van der Waals surface area contributed by atoms with Crippen molar-refractivity contribution in [3.05, 3.63) is 86.9 Å². The predicted molar refractivity (Wildman–Crippen MR) is 136 cm³/mol. The molecule has 5 rings (SSSR count). The molecule has 0 unspecified atom stereocenters. The van der Waals surface area contributed by atoms with Crippen LogP contribution in [0.15, 0.2) is 64.1 Å². The van der Waals surface area contributed by atoms with Gasteiger partial charge in [-0.1, -0.05) is 6.07 Å². The van der Waals surface area contributed by atoms with Crippen LogP contribution in [0.25, 0.3) is 10.9 Å². The van der Waals surface area contributed by atoms with Crippen molar-refractivity contribution < 1.29 is 8.78 Å². The molecule has 1 fully saturated rings. The zero-order valence-electron chi connectivity index (χ0n) is 19.0. The summed E-state index contributed by atoms with van der Waals surface area (Å²) >= 11 is 3.44. The molecule has 0 atom stereocenters. The number of likely N-dealkylation sites (N-methyl/N-ethyl adjacent to an activating group) is 1. The van der Waals surface area contributed by atoms with Crippen molar-refractivity contribution in [2.45, 2.75) is 6.54 Å². The van der Waals surface area contributed by atoms with Gasteiger partial charge in [-0.3, -0.25) is 4.79 Å². The van der Waals surface area contributed by atoms with Crippen molar-refractivity contribution in [2.24, 2.45) is 0 Å². The number of benzene rings is 2. The number of hydrogen-bond acceptors (Lipinski definition) is 6. The highest BCUT2D eigenvalue weighted by atomic mass is 79.9. The van der Waals surface area contributed by atoms with Crippen molar-refractivity contribution >= 4 is 44.2 Å². The van der Waals surface area contributed by atoms with Crippen LogP contribution in [-0.4, -0.2) is 52.7 Å². The minimum atomic E-state index is -0.706. The smallest absolute Gasteiger partial charge is 0.261 e. The fourth-order valence-corrected chi connectivity index (χ4v) is 4.66. The van der Waals surface area contributed by atoms with Gasteiger partial charge in [-0.2, -0.15) is 0 Å². The van der Waals surface area contributed by atoms with E-state index in [1.165, 1.54) is 23.0 Å². The van der Waals surface area contributed by atoms with Gasteiger partial charge in [0.25, 0.3) is 5.56 Å². The minimum absolute atomic E-state index is 0.180. The molecular weight excluding hydrogens is 518 g/mol. The van der Waals surface area contributed by atoms with E-state index in [1.807, 2.05) is 12.1 Å². The molecule has 0 saturated carbocycles. The largest absolute Gasteiger partial charge is 0.369 e.